The van der Waals surface area contributed by atoms with Gasteiger partial charge < -0.3 is 10.2 Å². The monoisotopic (exact) mass is 238 g/mol. The fourth-order valence-corrected chi connectivity index (χ4v) is 2.50. The number of nitrogens with zero attached hydrogens (tertiary/aromatic N) is 1. The lowest BCUT2D eigenvalue weighted by Crippen LogP contribution is -2.51. The number of rotatable bonds is 7. The van der Waals surface area contributed by atoms with Crippen molar-refractivity contribution < 1.29 is 4.42 Å². The highest BCUT2D eigenvalue weighted by Crippen LogP contribution is 2.26. The Hall–Kier alpha value is -0.800. The molecule has 0 aliphatic rings. The normalized spacial score (nSPS) is 15.2. The molecule has 1 rings (SSSR count). The first kappa shape index (κ1) is 14.3. The zero-order valence-electron chi connectivity index (χ0n) is 11.6. The Balaban J connectivity index is 2.78. The van der Waals surface area contributed by atoms with Crippen LogP contribution >= 0.6 is 0 Å². The maximum atomic E-state index is 6.01. The van der Waals surface area contributed by atoms with E-state index in [-0.39, 0.29) is 5.54 Å². The predicted molar refractivity (Wildman–Crippen MR) is 71.9 cm³/mol. The minimum Gasteiger partial charge on any atom is -0.469 e. The fraction of sp³-hybridized carbons (Fsp3) is 0.714. The molecule has 1 heterocycles. The van der Waals surface area contributed by atoms with Gasteiger partial charge >= 0.3 is 0 Å². The van der Waals surface area contributed by atoms with Gasteiger partial charge in [0.15, 0.2) is 0 Å². The number of furan rings is 1. The largest absolute Gasteiger partial charge is 0.469 e. The van der Waals surface area contributed by atoms with Crippen LogP contribution in [0, 0.1) is 6.92 Å². The van der Waals surface area contributed by atoms with Crippen LogP contribution in [-0.2, 0) is 6.54 Å². The Morgan fingerprint density at radius 1 is 1.41 bits per heavy atom. The molecule has 1 aromatic heterocycles. The topological polar surface area (TPSA) is 42.4 Å². The van der Waals surface area contributed by atoms with Gasteiger partial charge in [0.2, 0.25) is 0 Å². The van der Waals surface area contributed by atoms with Gasteiger partial charge in [0.25, 0.3) is 0 Å². The van der Waals surface area contributed by atoms with Crippen LogP contribution in [0.3, 0.4) is 0 Å². The molecule has 0 radical (unpaired) electrons. The summed E-state index contributed by atoms with van der Waals surface area (Å²) in [6.45, 7) is 8.08. The van der Waals surface area contributed by atoms with E-state index >= 15 is 0 Å². The van der Waals surface area contributed by atoms with Crippen molar-refractivity contribution in [3.8, 4) is 0 Å². The second-order valence-corrected chi connectivity index (χ2v) is 4.89. The second kappa shape index (κ2) is 6.22. The lowest BCUT2D eigenvalue weighted by Gasteiger charge is -2.40. The maximum Gasteiger partial charge on any atom is 0.105 e. The summed E-state index contributed by atoms with van der Waals surface area (Å²) in [5, 5.41) is 0. The molecule has 3 nitrogen and oxygen atoms in total. The van der Waals surface area contributed by atoms with Gasteiger partial charge in [0.1, 0.15) is 5.76 Å². The molecule has 0 fully saturated rings. The number of hydrogen-bond donors (Lipinski definition) is 1. The van der Waals surface area contributed by atoms with Crippen LogP contribution in [0.15, 0.2) is 16.7 Å². The van der Waals surface area contributed by atoms with Gasteiger partial charge in [-0.2, -0.15) is 0 Å². The predicted octanol–water partition coefficient (Wildman–Crippen LogP) is 2.93. The summed E-state index contributed by atoms with van der Waals surface area (Å²) in [4.78, 5) is 2.38. The molecular weight excluding hydrogens is 212 g/mol. The third-order valence-corrected chi connectivity index (χ3v) is 3.94. The van der Waals surface area contributed by atoms with Gasteiger partial charge in [0.05, 0.1) is 6.26 Å². The van der Waals surface area contributed by atoms with Gasteiger partial charge in [-0.15, -0.1) is 0 Å². The van der Waals surface area contributed by atoms with Crippen molar-refractivity contribution in [2.75, 3.05) is 13.6 Å². The number of aryl methyl sites for hydroxylation is 1. The first-order valence-corrected chi connectivity index (χ1v) is 6.54. The van der Waals surface area contributed by atoms with Gasteiger partial charge in [-0.05, 0) is 32.9 Å². The maximum absolute atomic E-state index is 6.01. The first-order chi connectivity index (χ1) is 8.09. The van der Waals surface area contributed by atoms with Crippen LogP contribution in [0.25, 0.3) is 0 Å². The minimum absolute atomic E-state index is 0.123. The smallest absolute Gasteiger partial charge is 0.105 e. The zero-order valence-corrected chi connectivity index (χ0v) is 11.6. The van der Waals surface area contributed by atoms with E-state index in [1.807, 2.05) is 6.92 Å². The quantitative estimate of drug-likeness (QED) is 0.794. The number of likely N-dealkylation sites (N-methyl/N-ethyl adjacent to an activating group) is 1. The molecule has 3 heteroatoms. The third kappa shape index (κ3) is 3.11. The average molecular weight is 238 g/mol. The van der Waals surface area contributed by atoms with E-state index in [9.17, 15) is 0 Å². The van der Waals surface area contributed by atoms with Crippen molar-refractivity contribution in [3.05, 3.63) is 23.7 Å². The Labute approximate surface area is 105 Å². The van der Waals surface area contributed by atoms with E-state index < -0.39 is 0 Å². The van der Waals surface area contributed by atoms with Crippen molar-refractivity contribution in [1.82, 2.24) is 4.90 Å². The Kier molecular flexibility index (Phi) is 5.22. The standard InChI is InChI=1S/C14H26N2O/c1-5-8-14(6-2,11-15)16(4)10-13-7-9-17-12(13)3/h7,9H,5-6,8,10-11,15H2,1-4H3. The van der Waals surface area contributed by atoms with E-state index in [1.54, 1.807) is 6.26 Å². The minimum atomic E-state index is 0.123. The summed E-state index contributed by atoms with van der Waals surface area (Å²) in [6, 6.07) is 2.05. The van der Waals surface area contributed by atoms with Gasteiger partial charge in [-0.1, -0.05) is 20.3 Å². The molecule has 1 unspecified atom stereocenters. The van der Waals surface area contributed by atoms with Crippen LogP contribution < -0.4 is 5.73 Å². The summed E-state index contributed by atoms with van der Waals surface area (Å²) in [5.74, 6) is 1.01. The van der Waals surface area contributed by atoms with Crippen LogP contribution in [0.1, 0.15) is 44.4 Å². The Bertz CT molecular complexity index is 329. The molecule has 0 aromatic carbocycles. The van der Waals surface area contributed by atoms with E-state index in [0.717, 1.165) is 25.1 Å². The molecule has 2 N–H and O–H groups in total. The molecular formula is C14H26N2O. The third-order valence-electron chi connectivity index (χ3n) is 3.94. The molecule has 17 heavy (non-hydrogen) atoms. The lowest BCUT2D eigenvalue weighted by atomic mass is 9.88. The molecule has 0 aliphatic heterocycles. The lowest BCUT2D eigenvalue weighted by molar-refractivity contribution is 0.101. The molecule has 1 aromatic rings. The highest BCUT2D eigenvalue weighted by atomic mass is 16.3. The number of hydrogen-bond acceptors (Lipinski definition) is 3. The second-order valence-electron chi connectivity index (χ2n) is 4.89. The molecule has 0 aliphatic carbocycles. The summed E-state index contributed by atoms with van der Waals surface area (Å²) >= 11 is 0. The highest BCUT2D eigenvalue weighted by Gasteiger charge is 2.30. The van der Waals surface area contributed by atoms with Crippen molar-refractivity contribution in [3.63, 3.8) is 0 Å². The highest BCUT2D eigenvalue weighted by molar-refractivity contribution is 5.15. The van der Waals surface area contributed by atoms with Crippen molar-refractivity contribution in [2.45, 2.75) is 52.1 Å². The number of nitrogens with two attached hydrogens (primary N) is 1. The molecule has 0 bridgehead atoms. The summed E-state index contributed by atoms with van der Waals surface area (Å²) in [6.07, 6.45) is 5.16. The Morgan fingerprint density at radius 3 is 2.53 bits per heavy atom. The summed E-state index contributed by atoms with van der Waals surface area (Å²) in [5.41, 5.74) is 7.39. The van der Waals surface area contributed by atoms with Gasteiger partial charge in [-0.3, -0.25) is 4.90 Å². The van der Waals surface area contributed by atoms with Crippen molar-refractivity contribution in [1.29, 1.82) is 0 Å². The van der Waals surface area contributed by atoms with Crippen LogP contribution in [0.2, 0.25) is 0 Å². The molecule has 98 valence electrons. The summed E-state index contributed by atoms with van der Waals surface area (Å²) in [7, 11) is 2.17. The van der Waals surface area contributed by atoms with E-state index in [1.165, 1.54) is 12.0 Å². The van der Waals surface area contributed by atoms with Crippen LogP contribution in [-0.4, -0.2) is 24.0 Å². The SMILES string of the molecule is CCCC(CC)(CN)N(C)Cc1ccoc1C. The zero-order chi connectivity index (χ0) is 12.9. The van der Waals surface area contributed by atoms with E-state index in [0.29, 0.717) is 6.54 Å². The molecule has 0 amide bonds. The molecule has 0 saturated heterocycles. The van der Waals surface area contributed by atoms with Crippen LogP contribution in [0.5, 0.6) is 0 Å². The first-order valence-electron chi connectivity index (χ1n) is 6.54. The summed E-state index contributed by atoms with van der Waals surface area (Å²) < 4.78 is 5.35. The van der Waals surface area contributed by atoms with Crippen molar-refractivity contribution in [2.24, 2.45) is 5.73 Å². The van der Waals surface area contributed by atoms with Crippen molar-refractivity contribution >= 4 is 0 Å². The van der Waals surface area contributed by atoms with Gasteiger partial charge in [-0.25, -0.2) is 0 Å². The van der Waals surface area contributed by atoms with Gasteiger partial charge in [0, 0.05) is 24.2 Å². The molecule has 0 saturated carbocycles. The molecule has 0 spiro atoms. The molecule has 1 atom stereocenters. The average Bonchev–Trinajstić information content (AvgIpc) is 2.72. The van der Waals surface area contributed by atoms with E-state index in [4.69, 9.17) is 10.2 Å². The fourth-order valence-electron chi connectivity index (χ4n) is 2.50. The Morgan fingerprint density at radius 2 is 2.12 bits per heavy atom. The van der Waals surface area contributed by atoms with Crippen LogP contribution in [0.4, 0.5) is 0 Å². The van der Waals surface area contributed by atoms with E-state index in [2.05, 4.69) is 31.9 Å².